The highest BCUT2D eigenvalue weighted by atomic mass is 16.5. The van der Waals surface area contributed by atoms with E-state index in [4.69, 9.17) is 4.65 Å². The van der Waals surface area contributed by atoms with Crippen molar-refractivity contribution in [3.05, 3.63) is 24.3 Å². The summed E-state index contributed by atoms with van der Waals surface area (Å²) >= 11 is 0. The SMILES string of the molecule is CN(C)c1ccc(B(O)OC(C)(C)C(C)(C)O)cc1. The van der Waals surface area contributed by atoms with Gasteiger partial charge in [0.2, 0.25) is 0 Å². The van der Waals surface area contributed by atoms with Crippen LogP contribution in [0, 0.1) is 0 Å². The van der Waals surface area contributed by atoms with E-state index in [0.717, 1.165) is 5.69 Å². The lowest BCUT2D eigenvalue weighted by molar-refractivity contribution is -0.0982. The summed E-state index contributed by atoms with van der Waals surface area (Å²) in [6.07, 6.45) is 0. The minimum atomic E-state index is -1.06. The Morgan fingerprint density at radius 3 is 1.89 bits per heavy atom. The summed E-state index contributed by atoms with van der Waals surface area (Å²) in [5.41, 5.74) is -0.176. The molecular formula is C14H24BNO3. The summed E-state index contributed by atoms with van der Waals surface area (Å²) in [5.74, 6) is 0. The molecule has 19 heavy (non-hydrogen) atoms. The molecular weight excluding hydrogens is 241 g/mol. The molecule has 0 saturated carbocycles. The monoisotopic (exact) mass is 265 g/mol. The maximum absolute atomic E-state index is 10.1. The molecule has 0 heterocycles. The molecule has 0 unspecified atom stereocenters. The Hall–Kier alpha value is -1.04. The zero-order valence-electron chi connectivity index (χ0n) is 12.6. The second kappa shape index (κ2) is 5.53. The van der Waals surface area contributed by atoms with Crippen LogP contribution < -0.4 is 10.4 Å². The molecule has 0 atom stereocenters. The fourth-order valence-corrected chi connectivity index (χ4v) is 1.43. The lowest BCUT2D eigenvalue weighted by atomic mass is 9.76. The second-order valence-electron chi connectivity index (χ2n) is 6.03. The average molecular weight is 265 g/mol. The summed E-state index contributed by atoms with van der Waals surface area (Å²) < 4.78 is 5.58. The molecule has 106 valence electrons. The average Bonchev–Trinajstić information content (AvgIpc) is 2.27. The van der Waals surface area contributed by atoms with Gasteiger partial charge in [-0.1, -0.05) is 12.1 Å². The van der Waals surface area contributed by atoms with Gasteiger partial charge >= 0.3 is 7.12 Å². The third kappa shape index (κ3) is 3.96. The Morgan fingerprint density at radius 2 is 1.53 bits per heavy atom. The number of anilines is 1. The van der Waals surface area contributed by atoms with Crippen molar-refractivity contribution in [1.29, 1.82) is 0 Å². The van der Waals surface area contributed by atoms with Crippen LogP contribution in [0.1, 0.15) is 27.7 Å². The van der Waals surface area contributed by atoms with Crippen molar-refractivity contribution in [2.45, 2.75) is 38.9 Å². The number of nitrogens with zero attached hydrogens (tertiary/aromatic N) is 1. The zero-order chi connectivity index (χ0) is 14.8. The number of hydrogen-bond donors (Lipinski definition) is 2. The van der Waals surface area contributed by atoms with Crippen LogP contribution in [0.25, 0.3) is 0 Å². The maximum Gasteiger partial charge on any atom is 0.491 e. The van der Waals surface area contributed by atoms with Crippen LogP contribution in [0.4, 0.5) is 5.69 Å². The predicted molar refractivity (Wildman–Crippen MR) is 79.8 cm³/mol. The van der Waals surface area contributed by atoms with E-state index in [1.807, 2.05) is 43.3 Å². The Bertz CT molecular complexity index is 410. The predicted octanol–water partition coefficient (Wildman–Crippen LogP) is 1.01. The fourth-order valence-electron chi connectivity index (χ4n) is 1.43. The molecule has 0 amide bonds. The van der Waals surface area contributed by atoms with Crippen LogP contribution in [0.2, 0.25) is 0 Å². The summed E-state index contributed by atoms with van der Waals surface area (Å²) in [4.78, 5) is 1.98. The Kier molecular flexibility index (Phi) is 4.66. The molecule has 1 aromatic rings. The molecule has 0 saturated heterocycles. The minimum Gasteiger partial charge on any atom is -0.423 e. The summed E-state index contributed by atoms with van der Waals surface area (Å²) in [7, 11) is 2.86. The van der Waals surface area contributed by atoms with E-state index >= 15 is 0 Å². The van der Waals surface area contributed by atoms with Crippen molar-refractivity contribution >= 4 is 18.3 Å². The molecule has 4 nitrogen and oxygen atoms in total. The number of rotatable bonds is 5. The van der Waals surface area contributed by atoms with Gasteiger partial charge in [0.15, 0.2) is 0 Å². The van der Waals surface area contributed by atoms with Crippen molar-refractivity contribution in [2.75, 3.05) is 19.0 Å². The third-order valence-corrected chi connectivity index (χ3v) is 3.57. The van der Waals surface area contributed by atoms with Gasteiger partial charge in [0.1, 0.15) is 0 Å². The van der Waals surface area contributed by atoms with E-state index in [1.165, 1.54) is 0 Å². The zero-order valence-corrected chi connectivity index (χ0v) is 12.6. The van der Waals surface area contributed by atoms with Gasteiger partial charge in [-0.15, -0.1) is 0 Å². The van der Waals surface area contributed by atoms with Crippen molar-refractivity contribution in [2.24, 2.45) is 0 Å². The van der Waals surface area contributed by atoms with Gasteiger partial charge in [0.25, 0.3) is 0 Å². The topological polar surface area (TPSA) is 52.9 Å². The second-order valence-corrected chi connectivity index (χ2v) is 6.03. The van der Waals surface area contributed by atoms with Crippen molar-refractivity contribution < 1.29 is 14.8 Å². The first-order valence-electron chi connectivity index (χ1n) is 6.40. The van der Waals surface area contributed by atoms with Crippen LogP contribution >= 0.6 is 0 Å². The molecule has 0 fully saturated rings. The van der Waals surface area contributed by atoms with Gasteiger partial charge in [-0.05, 0) is 45.3 Å². The van der Waals surface area contributed by atoms with Crippen LogP contribution in [0.15, 0.2) is 24.3 Å². The highest BCUT2D eigenvalue weighted by Crippen LogP contribution is 2.25. The molecule has 0 aromatic heterocycles. The van der Waals surface area contributed by atoms with Crippen LogP contribution in [-0.2, 0) is 4.65 Å². The summed E-state index contributed by atoms with van der Waals surface area (Å²) in [6.45, 7) is 6.83. The van der Waals surface area contributed by atoms with Gasteiger partial charge in [0, 0.05) is 19.8 Å². The molecule has 2 N–H and O–H groups in total. The van der Waals surface area contributed by atoms with Crippen molar-refractivity contribution in [3.63, 3.8) is 0 Å². The van der Waals surface area contributed by atoms with Gasteiger partial charge in [0.05, 0.1) is 11.2 Å². The van der Waals surface area contributed by atoms with Crippen molar-refractivity contribution in [3.8, 4) is 0 Å². The smallest absolute Gasteiger partial charge is 0.423 e. The molecule has 5 heteroatoms. The van der Waals surface area contributed by atoms with Crippen LogP contribution in [0.3, 0.4) is 0 Å². The lowest BCUT2D eigenvalue weighted by Gasteiger charge is -2.38. The molecule has 1 aromatic carbocycles. The standard InChI is InChI=1S/C14H24BNO3/c1-13(2,17)14(3,4)19-15(18)11-7-9-12(10-8-11)16(5)6/h7-10,17-18H,1-6H3. The Balaban J connectivity index is 2.81. The Labute approximate surface area is 116 Å². The van der Waals surface area contributed by atoms with Crippen LogP contribution in [-0.4, -0.2) is 42.5 Å². The van der Waals surface area contributed by atoms with E-state index in [2.05, 4.69) is 0 Å². The minimum absolute atomic E-state index is 0.669. The van der Waals surface area contributed by atoms with E-state index in [-0.39, 0.29) is 0 Å². The molecule has 0 aliphatic rings. The number of hydrogen-bond acceptors (Lipinski definition) is 4. The lowest BCUT2D eigenvalue weighted by Crippen LogP contribution is -2.53. The molecule has 0 aliphatic heterocycles. The van der Waals surface area contributed by atoms with Crippen molar-refractivity contribution in [1.82, 2.24) is 0 Å². The number of benzene rings is 1. The largest absolute Gasteiger partial charge is 0.491 e. The Morgan fingerprint density at radius 1 is 1.05 bits per heavy atom. The highest BCUT2D eigenvalue weighted by Gasteiger charge is 2.39. The molecule has 1 rings (SSSR count). The quantitative estimate of drug-likeness (QED) is 0.780. The van der Waals surface area contributed by atoms with Gasteiger partial charge in [-0.25, -0.2) is 0 Å². The van der Waals surface area contributed by atoms with Gasteiger partial charge < -0.3 is 19.7 Å². The summed E-state index contributed by atoms with van der Waals surface area (Å²) in [6, 6.07) is 7.47. The fraction of sp³-hybridized carbons (Fsp3) is 0.571. The van der Waals surface area contributed by atoms with Gasteiger partial charge in [-0.3, -0.25) is 0 Å². The maximum atomic E-state index is 10.1. The van der Waals surface area contributed by atoms with E-state index in [0.29, 0.717) is 5.46 Å². The molecule has 0 radical (unpaired) electrons. The normalized spacial score (nSPS) is 12.4. The van der Waals surface area contributed by atoms with Gasteiger partial charge in [-0.2, -0.15) is 0 Å². The molecule has 0 bridgehead atoms. The first-order chi connectivity index (χ1) is 8.54. The van der Waals surface area contributed by atoms with Crippen LogP contribution in [0.5, 0.6) is 0 Å². The molecule has 0 aliphatic carbocycles. The third-order valence-electron chi connectivity index (χ3n) is 3.57. The van der Waals surface area contributed by atoms with E-state index < -0.39 is 18.3 Å². The summed E-state index contributed by atoms with van der Waals surface area (Å²) in [5, 5.41) is 20.1. The molecule has 0 spiro atoms. The number of aliphatic hydroxyl groups is 1. The highest BCUT2D eigenvalue weighted by molar-refractivity contribution is 6.60. The van der Waals surface area contributed by atoms with E-state index in [1.54, 1.807) is 27.7 Å². The van der Waals surface area contributed by atoms with E-state index in [9.17, 15) is 10.1 Å². The first kappa shape index (κ1) is 16.0. The first-order valence-corrected chi connectivity index (χ1v) is 6.40.